The summed E-state index contributed by atoms with van der Waals surface area (Å²) in [6.07, 6.45) is 1.87. The van der Waals surface area contributed by atoms with Crippen molar-refractivity contribution in [2.24, 2.45) is 0 Å². The molecule has 4 heterocycles. The second kappa shape index (κ2) is 9.13. The highest BCUT2D eigenvalue weighted by Crippen LogP contribution is 2.38. The standard InChI is InChI=1S/C39H26N4/c1-24-20-32-29-14-4-6-17-34(29)41-38(32)33(21-24)35-23-25-10-2-3-13-28(25)37(42-35)26-11-8-12-27(22-26)43-36-18-7-5-15-30(36)31-16-9-19-40-39(31)43/h2-23,41H,1H3. The molecule has 4 nitrogen and oxygen atoms in total. The van der Waals surface area contributed by atoms with E-state index in [1.54, 1.807) is 0 Å². The van der Waals surface area contributed by atoms with Crippen molar-refractivity contribution >= 4 is 54.5 Å². The van der Waals surface area contributed by atoms with Crippen LogP contribution in [0.15, 0.2) is 134 Å². The summed E-state index contributed by atoms with van der Waals surface area (Å²) >= 11 is 0. The van der Waals surface area contributed by atoms with Crippen molar-refractivity contribution in [1.82, 2.24) is 19.5 Å². The Bertz CT molecular complexity index is 2480. The van der Waals surface area contributed by atoms with Crippen molar-refractivity contribution in [2.45, 2.75) is 6.92 Å². The van der Waals surface area contributed by atoms with Crippen molar-refractivity contribution in [3.05, 3.63) is 139 Å². The van der Waals surface area contributed by atoms with Crippen LogP contribution in [0.1, 0.15) is 5.56 Å². The Kier molecular flexibility index (Phi) is 5.08. The van der Waals surface area contributed by atoms with Crippen LogP contribution >= 0.6 is 0 Å². The lowest BCUT2D eigenvalue weighted by Crippen LogP contribution is -1.97. The quantitative estimate of drug-likeness (QED) is 0.238. The van der Waals surface area contributed by atoms with Crippen LogP contribution in [-0.4, -0.2) is 19.5 Å². The maximum absolute atomic E-state index is 5.41. The molecule has 0 unspecified atom stereocenters. The molecule has 0 atom stereocenters. The van der Waals surface area contributed by atoms with Gasteiger partial charge in [-0.25, -0.2) is 9.97 Å². The Balaban J connectivity index is 1.30. The van der Waals surface area contributed by atoms with Crippen LogP contribution in [-0.2, 0) is 0 Å². The summed E-state index contributed by atoms with van der Waals surface area (Å²) in [6, 6.07) is 45.2. The largest absolute Gasteiger partial charge is 0.354 e. The molecule has 0 bridgehead atoms. The van der Waals surface area contributed by atoms with E-state index < -0.39 is 0 Å². The normalized spacial score (nSPS) is 11.8. The van der Waals surface area contributed by atoms with Gasteiger partial charge in [-0.05, 0) is 72.5 Å². The number of aromatic nitrogens is 4. The van der Waals surface area contributed by atoms with E-state index >= 15 is 0 Å². The number of fused-ring (bicyclic) bond motifs is 7. The summed E-state index contributed by atoms with van der Waals surface area (Å²) in [5.74, 6) is 0. The molecule has 0 saturated carbocycles. The Hall–Kier alpha value is -5.74. The number of pyridine rings is 2. The summed E-state index contributed by atoms with van der Waals surface area (Å²) in [6.45, 7) is 2.16. The van der Waals surface area contributed by atoms with Gasteiger partial charge in [0.05, 0.1) is 22.4 Å². The van der Waals surface area contributed by atoms with Crippen LogP contribution < -0.4 is 0 Å². The van der Waals surface area contributed by atoms with Gasteiger partial charge in [0.2, 0.25) is 0 Å². The Labute approximate surface area is 247 Å². The fraction of sp³-hybridized carbons (Fsp3) is 0.0256. The van der Waals surface area contributed by atoms with Crippen LogP contribution in [0.25, 0.3) is 82.7 Å². The molecule has 0 spiro atoms. The van der Waals surface area contributed by atoms with Crippen LogP contribution in [0.2, 0.25) is 0 Å². The molecule has 1 N–H and O–H groups in total. The lowest BCUT2D eigenvalue weighted by atomic mass is 9.98. The molecule has 202 valence electrons. The third-order valence-electron chi connectivity index (χ3n) is 8.59. The summed E-state index contributed by atoms with van der Waals surface area (Å²) in [5.41, 5.74) is 10.7. The molecule has 0 fully saturated rings. The smallest absolute Gasteiger partial charge is 0.145 e. The number of hydrogen-bond donors (Lipinski definition) is 1. The zero-order chi connectivity index (χ0) is 28.5. The zero-order valence-corrected chi connectivity index (χ0v) is 23.5. The fourth-order valence-electron chi connectivity index (χ4n) is 6.70. The molecule has 0 amide bonds. The van der Waals surface area contributed by atoms with Crippen LogP contribution in [0.4, 0.5) is 0 Å². The van der Waals surface area contributed by atoms with Gasteiger partial charge in [-0.3, -0.25) is 4.57 Å². The molecule has 0 aliphatic rings. The van der Waals surface area contributed by atoms with Gasteiger partial charge < -0.3 is 4.98 Å². The van der Waals surface area contributed by atoms with Crippen molar-refractivity contribution in [2.75, 3.05) is 0 Å². The molecule has 4 heteroatoms. The SMILES string of the molecule is Cc1cc(-c2cc3ccccc3c(-c3cccc(-n4c5ccccc5c5cccnc54)c3)n2)c2[nH]c3ccccc3c2c1. The summed E-state index contributed by atoms with van der Waals surface area (Å²) in [4.78, 5) is 13.9. The number of para-hydroxylation sites is 2. The van der Waals surface area contributed by atoms with E-state index in [1.165, 1.54) is 21.7 Å². The maximum atomic E-state index is 5.41. The predicted octanol–water partition coefficient (Wildman–Crippen LogP) is 10.0. The van der Waals surface area contributed by atoms with Gasteiger partial charge in [-0.1, -0.05) is 72.8 Å². The molecule has 0 saturated heterocycles. The highest BCUT2D eigenvalue weighted by molar-refractivity contribution is 6.12. The van der Waals surface area contributed by atoms with Crippen molar-refractivity contribution in [3.8, 4) is 28.2 Å². The first-order chi connectivity index (χ1) is 21.2. The van der Waals surface area contributed by atoms with Gasteiger partial charge >= 0.3 is 0 Å². The van der Waals surface area contributed by atoms with Crippen LogP contribution in [0.5, 0.6) is 0 Å². The highest BCUT2D eigenvalue weighted by atomic mass is 15.0. The lowest BCUT2D eigenvalue weighted by molar-refractivity contribution is 1.13. The Morgan fingerprint density at radius 2 is 1.42 bits per heavy atom. The summed E-state index contributed by atoms with van der Waals surface area (Å²) in [5, 5.41) is 7.10. The topological polar surface area (TPSA) is 46.5 Å². The molecule has 43 heavy (non-hydrogen) atoms. The number of rotatable bonds is 3. The van der Waals surface area contributed by atoms with E-state index in [2.05, 4.69) is 138 Å². The Morgan fingerprint density at radius 1 is 0.628 bits per heavy atom. The van der Waals surface area contributed by atoms with E-state index in [0.29, 0.717) is 0 Å². The number of hydrogen-bond acceptors (Lipinski definition) is 2. The van der Waals surface area contributed by atoms with Crippen molar-refractivity contribution < 1.29 is 0 Å². The number of nitrogens with zero attached hydrogens (tertiary/aromatic N) is 3. The van der Waals surface area contributed by atoms with Gasteiger partial charge in [0, 0.05) is 55.5 Å². The minimum Gasteiger partial charge on any atom is -0.354 e. The molecule has 4 aromatic heterocycles. The number of aryl methyl sites for hydroxylation is 1. The lowest BCUT2D eigenvalue weighted by Gasteiger charge is -2.13. The third kappa shape index (κ3) is 3.63. The van der Waals surface area contributed by atoms with Crippen molar-refractivity contribution in [1.29, 1.82) is 0 Å². The molecule has 0 radical (unpaired) electrons. The summed E-state index contributed by atoms with van der Waals surface area (Å²) in [7, 11) is 0. The van der Waals surface area contributed by atoms with Crippen LogP contribution in [0, 0.1) is 6.92 Å². The van der Waals surface area contributed by atoms with E-state index in [0.717, 1.165) is 66.6 Å². The molecular formula is C39H26N4. The van der Waals surface area contributed by atoms with E-state index in [4.69, 9.17) is 9.97 Å². The first kappa shape index (κ1) is 23.9. The number of H-pyrrole nitrogens is 1. The van der Waals surface area contributed by atoms with Crippen LogP contribution in [0.3, 0.4) is 0 Å². The second-order valence-electron chi connectivity index (χ2n) is 11.3. The number of aromatic amines is 1. The van der Waals surface area contributed by atoms with Gasteiger partial charge in [0.15, 0.2) is 0 Å². The molecular weight excluding hydrogens is 524 g/mol. The van der Waals surface area contributed by atoms with Gasteiger partial charge in [-0.15, -0.1) is 0 Å². The number of benzene rings is 5. The molecule has 0 aliphatic carbocycles. The second-order valence-corrected chi connectivity index (χ2v) is 11.3. The molecule has 5 aromatic carbocycles. The Morgan fingerprint density at radius 3 is 2.35 bits per heavy atom. The van der Waals surface area contributed by atoms with E-state index in [1.807, 2.05) is 12.3 Å². The minimum atomic E-state index is 0.952. The monoisotopic (exact) mass is 550 g/mol. The predicted molar refractivity (Wildman–Crippen MR) is 179 cm³/mol. The zero-order valence-electron chi connectivity index (χ0n) is 23.5. The average Bonchev–Trinajstić information content (AvgIpc) is 3.60. The maximum Gasteiger partial charge on any atom is 0.145 e. The first-order valence-corrected chi connectivity index (χ1v) is 14.6. The van der Waals surface area contributed by atoms with Gasteiger partial charge in [0.1, 0.15) is 5.65 Å². The minimum absolute atomic E-state index is 0.952. The number of nitrogens with one attached hydrogen (secondary N) is 1. The molecule has 9 aromatic rings. The van der Waals surface area contributed by atoms with Gasteiger partial charge in [0.25, 0.3) is 0 Å². The third-order valence-corrected chi connectivity index (χ3v) is 8.59. The molecule has 0 aliphatic heterocycles. The molecule has 9 rings (SSSR count). The van der Waals surface area contributed by atoms with E-state index in [9.17, 15) is 0 Å². The van der Waals surface area contributed by atoms with Gasteiger partial charge in [-0.2, -0.15) is 0 Å². The fourth-order valence-corrected chi connectivity index (χ4v) is 6.70. The average molecular weight is 551 g/mol. The van der Waals surface area contributed by atoms with Crippen molar-refractivity contribution in [3.63, 3.8) is 0 Å². The van der Waals surface area contributed by atoms with E-state index in [-0.39, 0.29) is 0 Å². The first-order valence-electron chi connectivity index (χ1n) is 14.6. The summed E-state index contributed by atoms with van der Waals surface area (Å²) < 4.78 is 2.26. The highest BCUT2D eigenvalue weighted by Gasteiger charge is 2.17.